The van der Waals surface area contributed by atoms with Crippen molar-refractivity contribution >= 4 is 0 Å². The zero-order valence-electron chi connectivity index (χ0n) is 12.9. The third-order valence-corrected chi connectivity index (χ3v) is 4.08. The van der Waals surface area contributed by atoms with Gasteiger partial charge in [-0.15, -0.1) is 0 Å². The van der Waals surface area contributed by atoms with E-state index < -0.39 is 6.10 Å². The van der Waals surface area contributed by atoms with Crippen molar-refractivity contribution in [2.24, 2.45) is 0 Å². The predicted octanol–water partition coefficient (Wildman–Crippen LogP) is 2.32. The van der Waals surface area contributed by atoms with E-state index in [0.29, 0.717) is 6.42 Å². The fourth-order valence-electron chi connectivity index (χ4n) is 2.86. The largest absolute Gasteiger partial charge is 0.390 e. The standard InChI is InChI=1S/C17H27NO2/c1-4-7-18-8-9-20-17(12-18)16(19)11-15-10-13(2)5-6-14(15)3/h5-6,10,16-17,19H,4,7-9,11-12H2,1-3H3. The maximum absolute atomic E-state index is 10.5. The smallest absolute Gasteiger partial charge is 0.0964 e. The molecule has 1 heterocycles. The zero-order valence-corrected chi connectivity index (χ0v) is 12.9. The molecular formula is C17H27NO2. The Morgan fingerprint density at radius 2 is 2.20 bits per heavy atom. The number of aliphatic hydroxyl groups is 1. The molecule has 1 aliphatic rings. The van der Waals surface area contributed by atoms with Gasteiger partial charge < -0.3 is 9.84 Å². The molecule has 3 heteroatoms. The van der Waals surface area contributed by atoms with Crippen LogP contribution in [0.2, 0.25) is 0 Å². The molecule has 2 unspecified atom stereocenters. The van der Waals surface area contributed by atoms with Crippen LogP contribution in [0.15, 0.2) is 18.2 Å². The maximum atomic E-state index is 10.5. The van der Waals surface area contributed by atoms with Gasteiger partial charge in [-0.05, 0) is 37.9 Å². The fraction of sp³-hybridized carbons (Fsp3) is 0.647. The molecule has 2 atom stereocenters. The molecule has 1 fully saturated rings. The molecule has 0 amide bonds. The molecule has 1 saturated heterocycles. The van der Waals surface area contributed by atoms with Crippen molar-refractivity contribution in [1.29, 1.82) is 0 Å². The van der Waals surface area contributed by atoms with Gasteiger partial charge in [-0.3, -0.25) is 4.90 Å². The summed E-state index contributed by atoms with van der Waals surface area (Å²) < 4.78 is 5.77. The van der Waals surface area contributed by atoms with E-state index in [0.717, 1.165) is 32.7 Å². The Kier molecular flexibility index (Phi) is 5.58. The second kappa shape index (κ2) is 7.21. The number of ether oxygens (including phenoxy) is 1. The SMILES string of the molecule is CCCN1CCOC(C(O)Cc2cc(C)ccc2C)C1. The Labute approximate surface area is 122 Å². The minimum Gasteiger partial charge on any atom is -0.390 e. The van der Waals surface area contributed by atoms with Crippen LogP contribution < -0.4 is 0 Å². The summed E-state index contributed by atoms with van der Waals surface area (Å²) in [4.78, 5) is 2.39. The van der Waals surface area contributed by atoms with Gasteiger partial charge in [0.15, 0.2) is 0 Å². The lowest BCUT2D eigenvalue weighted by atomic mass is 9.97. The molecule has 0 aromatic heterocycles. The number of aliphatic hydroxyl groups excluding tert-OH is 1. The summed E-state index contributed by atoms with van der Waals surface area (Å²) in [6.45, 7) is 10.0. The van der Waals surface area contributed by atoms with Crippen molar-refractivity contribution < 1.29 is 9.84 Å². The number of hydrogen-bond donors (Lipinski definition) is 1. The lowest BCUT2D eigenvalue weighted by molar-refractivity contribution is -0.0877. The molecule has 0 bridgehead atoms. The monoisotopic (exact) mass is 277 g/mol. The highest BCUT2D eigenvalue weighted by molar-refractivity contribution is 5.31. The van der Waals surface area contributed by atoms with E-state index >= 15 is 0 Å². The van der Waals surface area contributed by atoms with Crippen LogP contribution in [0.1, 0.15) is 30.0 Å². The average molecular weight is 277 g/mol. The van der Waals surface area contributed by atoms with Crippen LogP contribution in [0.4, 0.5) is 0 Å². The summed E-state index contributed by atoms with van der Waals surface area (Å²) >= 11 is 0. The first-order valence-electron chi connectivity index (χ1n) is 7.68. The molecule has 1 aliphatic heterocycles. The molecule has 0 spiro atoms. The maximum Gasteiger partial charge on any atom is 0.0964 e. The van der Waals surface area contributed by atoms with Gasteiger partial charge in [0, 0.05) is 19.5 Å². The molecule has 0 radical (unpaired) electrons. The van der Waals surface area contributed by atoms with Crippen molar-refractivity contribution in [3.63, 3.8) is 0 Å². The highest BCUT2D eigenvalue weighted by atomic mass is 16.5. The Bertz CT molecular complexity index is 431. The first-order valence-corrected chi connectivity index (χ1v) is 7.68. The van der Waals surface area contributed by atoms with Gasteiger partial charge in [0.05, 0.1) is 18.8 Å². The summed E-state index contributed by atoms with van der Waals surface area (Å²) in [6, 6.07) is 6.42. The molecule has 20 heavy (non-hydrogen) atoms. The molecule has 2 rings (SSSR count). The van der Waals surface area contributed by atoms with Gasteiger partial charge in [-0.25, -0.2) is 0 Å². The van der Waals surface area contributed by atoms with Gasteiger partial charge in [0.25, 0.3) is 0 Å². The van der Waals surface area contributed by atoms with Crippen molar-refractivity contribution in [3.8, 4) is 0 Å². The topological polar surface area (TPSA) is 32.7 Å². The van der Waals surface area contributed by atoms with Crippen LogP contribution in [0, 0.1) is 13.8 Å². The number of nitrogens with zero attached hydrogens (tertiary/aromatic N) is 1. The van der Waals surface area contributed by atoms with Gasteiger partial charge in [0.2, 0.25) is 0 Å². The highest BCUT2D eigenvalue weighted by Crippen LogP contribution is 2.17. The molecule has 3 nitrogen and oxygen atoms in total. The summed E-state index contributed by atoms with van der Waals surface area (Å²) in [6.07, 6.45) is 1.35. The quantitative estimate of drug-likeness (QED) is 0.896. The van der Waals surface area contributed by atoms with Crippen molar-refractivity contribution in [1.82, 2.24) is 4.90 Å². The third kappa shape index (κ3) is 4.05. The van der Waals surface area contributed by atoms with E-state index in [-0.39, 0.29) is 6.10 Å². The third-order valence-electron chi connectivity index (χ3n) is 4.08. The van der Waals surface area contributed by atoms with E-state index in [2.05, 4.69) is 43.9 Å². The number of hydrogen-bond acceptors (Lipinski definition) is 3. The summed E-state index contributed by atoms with van der Waals surface area (Å²) in [5.74, 6) is 0. The Morgan fingerprint density at radius 3 is 2.95 bits per heavy atom. The summed E-state index contributed by atoms with van der Waals surface area (Å²) in [7, 11) is 0. The first kappa shape index (κ1) is 15.5. The minimum absolute atomic E-state index is 0.0600. The second-order valence-corrected chi connectivity index (χ2v) is 5.91. The van der Waals surface area contributed by atoms with Gasteiger partial charge in [0.1, 0.15) is 0 Å². The van der Waals surface area contributed by atoms with E-state index in [4.69, 9.17) is 4.74 Å². The van der Waals surface area contributed by atoms with Crippen LogP contribution >= 0.6 is 0 Å². The predicted molar refractivity (Wildman–Crippen MR) is 82.1 cm³/mol. The lowest BCUT2D eigenvalue weighted by Gasteiger charge is -2.35. The van der Waals surface area contributed by atoms with Crippen LogP contribution in [-0.2, 0) is 11.2 Å². The van der Waals surface area contributed by atoms with E-state index in [1.165, 1.54) is 16.7 Å². The molecule has 112 valence electrons. The van der Waals surface area contributed by atoms with Gasteiger partial charge >= 0.3 is 0 Å². The molecule has 1 N–H and O–H groups in total. The molecule has 0 aliphatic carbocycles. The lowest BCUT2D eigenvalue weighted by Crippen LogP contribution is -2.48. The highest BCUT2D eigenvalue weighted by Gasteiger charge is 2.26. The van der Waals surface area contributed by atoms with Crippen LogP contribution in [-0.4, -0.2) is 48.5 Å². The second-order valence-electron chi connectivity index (χ2n) is 5.91. The van der Waals surface area contributed by atoms with Crippen LogP contribution in [0.3, 0.4) is 0 Å². The Hall–Kier alpha value is -0.900. The van der Waals surface area contributed by atoms with Crippen LogP contribution in [0.25, 0.3) is 0 Å². The zero-order chi connectivity index (χ0) is 14.5. The van der Waals surface area contributed by atoms with E-state index in [1.54, 1.807) is 0 Å². The molecule has 1 aromatic carbocycles. The van der Waals surface area contributed by atoms with Crippen molar-refractivity contribution in [3.05, 3.63) is 34.9 Å². The molecular weight excluding hydrogens is 250 g/mol. The molecule has 1 aromatic rings. The normalized spacial score (nSPS) is 21.9. The first-order chi connectivity index (χ1) is 9.60. The number of benzene rings is 1. The minimum atomic E-state index is -0.421. The van der Waals surface area contributed by atoms with Crippen molar-refractivity contribution in [2.75, 3.05) is 26.2 Å². The summed E-state index contributed by atoms with van der Waals surface area (Å²) in [5.41, 5.74) is 3.72. The fourth-order valence-corrected chi connectivity index (χ4v) is 2.86. The van der Waals surface area contributed by atoms with Gasteiger partial charge in [-0.1, -0.05) is 30.7 Å². The van der Waals surface area contributed by atoms with Crippen molar-refractivity contribution in [2.45, 2.75) is 45.8 Å². The number of aryl methyl sites for hydroxylation is 2. The average Bonchev–Trinajstić information content (AvgIpc) is 2.43. The summed E-state index contributed by atoms with van der Waals surface area (Å²) in [5, 5.41) is 10.5. The van der Waals surface area contributed by atoms with Gasteiger partial charge in [-0.2, -0.15) is 0 Å². The Morgan fingerprint density at radius 1 is 1.40 bits per heavy atom. The number of morpholine rings is 1. The van der Waals surface area contributed by atoms with E-state index in [9.17, 15) is 5.11 Å². The van der Waals surface area contributed by atoms with E-state index in [1.807, 2.05) is 0 Å². The Balaban J connectivity index is 1.96. The molecule has 0 saturated carbocycles. The van der Waals surface area contributed by atoms with Crippen LogP contribution in [0.5, 0.6) is 0 Å². The number of rotatable bonds is 5.